The highest BCUT2D eigenvalue weighted by atomic mass is 16.2. The summed E-state index contributed by atoms with van der Waals surface area (Å²) < 4.78 is 0. The van der Waals surface area contributed by atoms with Gasteiger partial charge in [-0.3, -0.25) is 14.5 Å². The van der Waals surface area contributed by atoms with Gasteiger partial charge in [-0.05, 0) is 19.1 Å². The largest absolute Gasteiger partial charge is 0.328 e. The van der Waals surface area contributed by atoms with Crippen molar-refractivity contribution in [2.45, 2.75) is 13.0 Å². The molecule has 3 aromatic rings. The maximum atomic E-state index is 13.0. The van der Waals surface area contributed by atoms with E-state index < -0.39 is 0 Å². The lowest BCUT2D eigenvalue weighted by Crippen LogP contribution is -2.88. The number of carbonyl (C=O) groups excluding carboxylic acids is 2. The van der Waals surface area contributed by atoms with Crippen LogP contribution in [0.2, 0.25) is 0 Å². The zero-order chi connectivity index (χ0) is 20.2. The van der Waals surface area contributed by atoms with Gasteiger partial charge in [0, 0.05) is 11.1 Å². The fraction of sp³-hybridized carbons (Fsp3) is 0.167. The van der Waals surface area contributed by atoms with Crippen LogP contribution in [-0.4, -0.2) is 24.9 Å². The number of nitrogens with two attached hydrogens (primary N) is 1. The molecule has 1 heterocycles. The Bertz CT molecular complexity index is 1020. The molecule has 1 atom stereocenters. The first kappa shape index (κ1) is 18.9. The van der Waals surface area contributed by atoms with Gasteiger partial charge in [0.1, 0.15) is 12.6 Å². The number of nitrogens with one attached hydrogen (secondary N) is 1. The van der Waals surface area contributed by atoms with E-state index in [0.717, 1.165) is 16.8 Å². The predicted octanol–water partition coefficient (Wildman–Crippen LogP) is 2.63. The topological polar surface area (TPSA) is 66.0 Å². The molecule has 0 bridgehead atoms. The molecule has 0 unspecified atom stereocenters. The lowest BCUT2D eigenvalue weighted by Gasteiger charge is -2.29. The number of hydrogen-bond donors (Lipinski definition) is 2. The second-order valence-corrected chi connectivity index (χ2v) is 7.28. The molecular weight excluding hydrogens is 362 g/mol. The van der Waals surface area contributed by atoms with Crippen molar-refractivity contribution in [2.24, 2.45) is 0 Å². The molecule has 0 aromatic heterocycles. The van der Waals surface area contributed by atoms with Crippen molar-refractivity contribution in [3.05, 3.63) is 95.6 Å². The van der Waals surface area contributed by atoms with Gasteiger partial charge >= 0.3 is 0 Å². The fourth-order valence-electron chi connectivity index (χ4n) is 3.68. The number of nitrogens with zero attached hydrogens (tertiary/aromatic N) is 1. The Balaban J connectivity index is 1.56. The molecular formula is C24H24N3O2+. The van der Waals surface area contributed by atoms with E-state index >= 15 is 0 Å². The number of anilines is 2. The van der Waals surface area contributed by atoms with E-state index in [4.69, 9.17) is 0 Å². The van der Waals surface area contributed by atoms with E-state index in [2.05, 4.69) is 48.6 Å². The van der Waals surface area contributed by atoms with Crippen molar-refractivity contribution >= 4 is 23.2 Å². The minimum absolute atomic E-state index is 0.00890. The molecule has 5 heteroatoms. The molecule has 0 aliphatic carbocycles. The molecule has 0 saturated heterocycles. The predicted molar refractivity (Wildman–Crippen MR) is 114 cm³/mol. The Morgan fingerprint density at radius 3 is 2.38 bits per heavy atom. The Hall–Kier alpha value is -3.44. The minimum Gasteiger partial charge on any atom is -0.328 e. The third-order valence-corrected chi connectivity index (χ3v) is 5.20. The van der Waals surface area contributed by atoms with Crippen LogP contribution in [0.3, 0.4) is 0 Å². The number of quaternary nitrogens is 1. The third kappa shape index (κ3) is 4.20. The van der Waals surface area contributed by atoms with Gasteiger partial charge in [-0.15, -0.1) is 0 Å². The van der Waals surface area contributed by atoms with Crippen LogP contribution >= 0.6 is 0 Å². The average molecular weight is 386 g/mol. The van der Waals surface area contributed by atoms with Gasteiger partial charge in [-0.25, -0.2) is 0 Å². The summed E-state index contributed by atoms with van der Waals surface area (Å²) in [5, 5.41) is 4.86. The molecule has 1 aliphatic rings. The van der Waals surface area contributed by atoms with E-state index in [1.54, 1.807) is 4.90 Å². The first-order valence-electron chi connectivity index (χ1n) is 9.76. The third-order valence-electron chi connectivity index (χ3n) is 5.20. The average Bonchev–Trinajstić information content (AvgIpc) is 2.75. The van der Waals surface area contributed by atoms with Crippen LogP contribution in [0.25, 0.3) is 0 Å². The Morgan fingerprint density at radius 2 is 1.62 bits per heavy atom. The summed E-state index contributed by atoms with van der Waals surface area (Å²) in [5.41, 5.74) is 4.91. The lowest BCUT2D eigenvalue weighted by molar-refractivity contribution is -0.676. The highest BCUT2D eigenvalue weighted by Crippen LogP contribution is 2.28. The molecule has 2 amide bonds. The molecule has 0 radical (unpaired) electrons. The molecule has 146 valence electrons. The van der Waals surface area contributed by atoms with Gasteiger partial charge < -0.3 is 10.6 Å². The summed E-state index contributed by atoms with van der Waals surface area (Å²) in [5.74, 6) is -0.254. The second-order valence-electron chi connectivity index (χ2n) is 7.28. The Labute approximate surface area is 170 Å². The smallest absolute Gasteiger partial charge is 0.282 e. The first-order valence-corrected chi connectivity index (χ1v) is 9.76. The van der Waals surface area contributed by atoms with Gasteiger partial charge in [0.05, 0.1) is 11.4 Å². The number of carbonyl (C=O) groups is 2. The Kier molecular flexibility index (Phi) is 5.40. The van der Waals surface area contributed by atoms with Gasteiger partial charge in [0.2, 0.25) is 5.91 Å². The van der Waals surface area contributed by atoms with Gasteiger partial charge in [-0.2, -0.15) is 0 Å². The summed E-state index contributed by atoms with van der Waals surface area (Å²) in [6.07, 6.45) is 0. The molecule has 3 N–H and O–H groups in total. The normalized spacial score (nSPS) is 14.1. The van der Waals surface area contributed by atoms with Crippen molar-refractivity contribution in [1.82, 2.24) is 0 Å². The summed E-state index contributed by atoms with van der Waals surface area (Å²) in [4.78, 5) is 26.7. The molecule has 29 heavy (non-hydrogen) atoms. The standard InChI is InChI=1S/C24H23N3O2/c1-17-11-13-19(14-12-17)24(18-7-3-2-4-8-18)25-15-23(29)27-16-22(28)26-20-9-5-6-10-21(20)27/h2-14,24-25H,15-16H2,1H3,(H,26,28)/p+1/t24-/m0/s1. The molecule has 3 aromatic carbocycles. The molecule has 0 spiro atoms. The molecule has 4 rings (SSSR count). The summed E-state index contributed by atoms with van der Waals surface area (Å²) in [6, 6.07) is 26.0. The van der Waals surface area contributed by atoms with E-state index in [9.17, 15) is 9.59 Å². The number of hydrogen-bond acceptors (Lipinski definition) is 2. The van der Waals surface area contributed by atoms with Crippen LogP contribution in [0, 0.1) is 6.92 Å². The number of amides is 2. The number of fused-ring (bicyclic) bond motifs is 1. The van der Waals surface area contributed by atoms with Crippen molar-refractivity contribution in [3.63, 3.8) is 0 Å². The van der Waals surface area contributed by atoms with Gasteiger partial charge in [0.25, 0.3) is 5.91 Å². The minimum atomic E-state index is -0.171. The highest BCUT2D eigenvalue weighted by Gasteiger charge is 2.28. The van der Waals surface area contributed by atoms with E-state index in [-0.39, 0.29) is 30.9 Å². The van der Waals surface area contributed by atoms with Crippen LogP contribution < -0.4 is 15.5 Å². The maximum Gasteiger partial charge on any atom is 0.282 e. The monoisotopic (exact) mass is 386 g/mol. The fourth-order valence-corrected chi connectivity index (χ4v) is 3.68. The number of para-hydroxylation sites is 2. The van der Waals surface area contributed by atoms with Gasteiger partial charge in [-0.1, -0.05) is 72.3 Å². The maximum absolute atomic E-state index is 13.0. The van der Waals surface area contributed by atoms with E-state index in [1.807, 2.05) is 47.8 Å². The SMILES string of the molecule is Cc1ccc([C@@H]([NH2+]CC(=O)N2CC(=O)Nc3ccccc32)c2ccccc2)cc1. The molecule has 1 aliphatic heterocycles. The van der Waals surface area contributed by atoms with Crippen LogP contribution in [0.4, 0.5) is 11.4 Å². The molecule has 5 nitrogen and oxygen atoms in total. The number of aryl methyl sites for hydroxylation is 1. The van der Waals surface area contributed by atoms with Crippen molar-refractivity contribution in [2.75, 3.05) is 23.3 Å². The zero-order valence-corrected chi connectivity index (χ0v) is 16.3. The van der Waals surface area contributed by atoms with Crippen LogP contribution in [0.5, 0.6) is 0 Å². The highest BCUT2D eigenvalue weighted by molar-refractivity contribution is 6.10. The summed E-state index contributed by atoms with van der Waals surface area (Å²) >= 11 is 0. The van der Waals surface area contributed by atoms with E-state index in [0.29, 0.717) is 5.69 Å². The summed E-state index contributed by atoms with van der Waals surface area (Å²) in [7, 11) is 0. The van der Waals surface area contributed by atoms with E-state index in [1.165, 1.54) is 5.56 Å². The van der Waals surface area contributed by atoms with Crippen molar-refractivity contribution < 1.29 is 14.9 Å². The molecule has 0 saturated carbocycles. The first-order chi connectivity index (χ1) is 14.1. The quantitative estimate of drug-likeness (QED) is 0.708. The van der Waals surface area contributed by atoms with Crippen LogP contribution in [0.1, 0.15) is 22.7 Å². The molecule has 0 fully saturated rings. The van der Waals surface area contributed by atoms with Gasteiger partial charge in [0.15, 0.2) is 6.54 Å². The zero-order valence-electron chi connectivity index (χ0n) is 16.3. The van der Waals surface area contributed by atoms with Crippen LogP contribution in [0.15, 0.2) is 78.9 Å². The lowest BCUT2D eigenvalue weighted by atomic mass is 9.98. The Morgan fingerprint density at radius 1 is 0.966 bits per heavy atom. The summed E-state index contributed by atoms with van der Waals surface area (Å²) in [6.45, 7) is 2.35. The number of benzene rings is 3. The van der Waals surface area contributed by atoms with Crippen LogP contribution in [-0.2, 0) is 9.59 Å². The van der Waals surface area contributed by atoms with Crippen molar-refractivity contribution in [1.29, 1.82) is 0 Å². The second kappa shape index (κ2) is 8.29. The van der Waals surface area contributed by atoms with Crippen molar-refractivity contribution in [3.8, 4) is 0 Å². The number of rotatable bonds is 5.